The van der Waals surface area contributed by atoms with Crippen LogP contribution in [0.15, 0.2) is 17.0 Å². The van der Waals surface area contributed by atoms with Crippen LogP contribution in [0.4, 0.5) is 4.79 Å². The second kappa shape index (κ2) is 5.72. The number of rotatable bonds is 1. The zero-order valence-electron chi connectivity index (χ0n) is 13.6. The molecule has 7 heteroatoms. The SMILES string of the molecule is CC(C)(C)OC(=O)N1CCC(c2coc3c(O)ncnc23)CC1. The average molecular weight is 319 g/mol. The lowest BCUT2D eigenvalue weighted by atomic mass is 9.90. The Kier molecular flexibility index (Phi) is 3.87. The average Bonchev–Trinajstić information content (AvgIpc) is 2.91. The number of carbonyl (C=O) groups is 1. The van der Waals surface area contributed by atoms with E-state index in [1.54, 1.807) is 11.2 Å². The summed E-state index contributed by atoms with van der Waals surface area (Å²) in [6.07, 6.45) is 4.30. The van der Waals surface area contributed by atoms with E-state index >= 15 is 0 Å². The molecular weight excluding hydrogens is 298 g/mol. The molecule has 1 saturated heterocycles. The fourth-order valence-electron chi connectivity index (χ4n) is 2.85. The summed E-state index contributed by atoms with van der Waals surface area (Å²) in [5.41, 5.74) is 1.44. The molecule has 1 aliphatic rings. The molecule has 0 spiro atoms. The second-order valence-electron chi connectivity index (χ2n) is 6.81. The Labute approximate surface area is 134 Å². The highest BCUT2D eigenvalue weighted by atomic mass is 16.6. The molecule has 0 aromatic carbocycles. The lowest BCUT2D eigenvalue weighted by Crippen LogP contribution is -2.41. The van der Waals surface area contributed by atoms with Crippen molar-refractivity contribution >= 4 is 17.2 Å². The van der Waals surface area contributed by atoms with Crippen molar-refractivity contribution in [2.45, 2.75) is 45.1 Å². The van der Waals surface area contributed by atoms with Gasteiger partial charge in [-0.15, -0.1) is 0 Å². The van der Waals surface area contributed by atoms with Crippen LogP contribution in [0, 0.1) is 0 Å². The molecule has 1 aliphatic heterocycles. The highest BCUT2D eigenvalue weighted by Gasteiger charge is 2.29. The Balaban J connectivity index is 1.69. The van der Waals surface area contributed by atoms with Gasteiger partial charge >= 0.3 is 6.09 Å². The number of ether oxygens (including phenoxy) is 1. The highest BCUT2D eigenvalue weighted by molar-refractivity contribution is 5.80. The van der Waals surface area contributed by atoms with Crippen LogP contribution in [0.2, 0.25) is 0 Å². The normalized spacial score (nSPS) is 16.7. The molecule has 1 N–H and O–H groups in total. The van der Waals surface area contributed by atoms with Crippen LogP contribution in [0.5, 0.6) is 5.88 Å². The third-order valence-electron chi connectivity index (χ3n) is 3.95. The van der Waals surface area contributed by atoms with E-state index in [9.17, 15) is 9.90 Å². The van der Waals surface area contributed by atoms with Gasteiger partial charge in [-0.25, -0.2) is 9.78 Å². The van der Waals surface area contributed by atoms with Gasteiger partial charge in [0.05, 0.1) is 6.26 Å². The van der Waals surface area contributed by atoms with Gasteiger partial charge in [0.15, 0.2) is 0 Å². The first-order chi connectivity index (χ1) is 10.8. The number of hydrogen-bond donors (Lipinski definition) is 1. The number of nitrogens with zero attached hydrogens (tertiary/aromatic N) is 3. The number of carbonyl (C=O) groups excluding carboxylic acids is 1. The predicted octanol–water partition coefficient (Wildman–Crippen LogP) is 3.04. The first-order valence-electron chi connectivity index (χ1n) is 7.74. The Morgan fingerprint density at radius 3 is 2.70 bits per heavy atom. The number of amides is 1. The van der Waals surface area contributed by atoms with Crippen molar-refractivity contribution in [2.75, 3.05) is 13.1 Å². The van der Waals surface area contributed by atoms with Crippen LogP contribution in [-0.4, -0.2) is 44.8 Å². The topological polar surface area (TPSA) is 88.7 Å². The summed E-state index contributed by atoms with van der Waals surface area (Å²) in [5.74, 6) is 0.0941. The summed E-state index contributed by atoms with van der Waals surface area (Å²) in [4.78, 5) is 21.8. The fraction of sp³-hybridized carbons (Fsp3) is 0.562. The third-order valence-corrected chi connectivity index (χ3v) is 3.95. The van der Waals surface area contributed by atoms with Gasteiger partial charge in [-0.05, 0) is 39.5 Å². The number of aromatic nitrogens is 2. The quantitative estimate of drug-likeness (QED) is 0.869. The van der Waals surface area contributed by atoms with Gasteiger partial charge in [0, 0.05) is 18.7 Å². The number of likely N-dealkylation sites (tertiary alicyclic amines) is 1. The van der Waals surface area contributed by atoms with Gasteiger partial charge in [0.1, 0.15) is 17.4 Å². The van der Waals surface area contributed by atoms with Crippen molar-refractivity contribution in [2.24, 2.45) is 0 Å². The van der Waals surface area contributed by atoms with Crippen molar-refractivity contribution in [1.29, 1.82) is 0 Å². The summed E-state index contributed by atoms with van der Waals surface area (Å²) in [6.45, 7) is 6.84. The molecule has 0 saturated carbocycles. The minimum Gasteiger partial charge on any atom is -0.491 e. The van der Waals surface area contributed by atoms with E-state index in [2.05, 4.69) is 9.97 Å². The van der Waals surface area contributed by atoms with Crippen molar-refractivity contribution in [1.82, 2.24) is 14.9 Å². The van der Waals surface area contributed by atoms with Crippen LogP contribution < -0.4 is 0 Å². The van der Waals surface area contributed by atoms with E-state index in [1.165, 1.54) is 6.33 Å². The second-order valence-corrected chi connectivity index (χ2v) is 6.81. The lowest BCUT2D eigenvalue weighted by Gasteiger charge is -2.33. The smallest absolute Gasteiger partial charge is 0.410 e. The zero-order chi connectivity index (χ0) is 16.6. The van der Waals surface area contributed by atoms with Crippen molar-refractivity contribution in [3.05, 3.63) is 18.2 Å². The Morgan fingerprint density at radius 2 is 2.04 bits per heavy atom. The minimum absolute atomic E-state index is 0.146. The molecule has 1 fully saturated rings. The van der Waals surface area contributed by atoms with Gasteiger partial charge in [-0.2, -0.15) is 4.98 Å². The molecule has 7 nitrogen and oxygen atoms in total. The Hall–Kier alpha value is -2.31. The summed E-state index contributed by atoms with van der Waals surface area (Å²) in [6, 6.07) is 0. The van der Waals surface area contributed by atoms with E-state index in [0.717, 1.165) is 18.4 Å². The van der Waals surface area contributed by atoms with E-state index < -0.39 is 5.60 Å². The monoisotopic (exact) mass is 319 g/mol. The molecule has 1 amide bonds. The number of aromatic hydroxyl groups is 1. The van der Waals surface area contributed by atoms with Crippen LogP contribution in [0.3, 0.4) is 0 Å². The predicted molar refractivity (Wildman–Crippen MR) is 83.3 cm³/mol. The van der Waals surface area contributed by atoms with Gasteiger partial charge in [0.2, 0.25) is 5.58 Å². The minimum atomic E-state index is -0.483. The fourth-order valence-corrected chi connectivity index (χ4v) is 2.85. The van der Waals surface area contributed by atoms with Crippen LogP contribution in [0.1, 0.15) is 45.1 Å². The molecule has 0 radical (unpaired) electrons. The molecule has 124 valence electrons. The van der Waals surface area contributed by atoms with Crippen LogP contribution in [0.25, 0.3) is 11.1 Å². The van der Waals surface area contributed by atoms with Gasteiger partial charge < -0.3 is 19.2 Å². The van der Waals surface area contributed by atoms with E-state index in [0.29, 0.717) is 24.2 Å². The first-order valence-corrected chi connectivity index (χ1v) is 7.74. The van der Waals surface area contributed by atoms with Crippen molar-refractivity contribution < 1.29 is 19.1 Å². The van der Waals surface area contributed by atoms with Crippen molar-refractivity contribution in [3.8, 4) is 5.88 Å². The van der Waals surface area contributed by atoms with Gasteiger partial charge in [-0.1, -0.05) is 0 Å². The Morgan fingerprint density at radius 1 is 1.35 bits per heavy atom. The summed E-state index contributed by atoms with van der Waals surface area (Å²) < 4.78 is 10.8. The summed E-state index contributed by atoms with van der Waals surface area (Å²) in [7, 11) is 0. The van der Waals surface area contributed by atoms with Crippen LogP contribution in [-0.2, 0) is 4.74 Å². The van der Waals surface area contributed by atoms with E-state index in [4.69, 9.17) is 9.15 Å². The largest absolute Gasteiger partial charge is 0.491 e. The summed E-state index contributed by atoms with van der Waals surface area (Å²) >= 11 is 0. The van der Waals surface area contributed by atoms with Crippen molar-refractivity contribution in [3.63, 3.8) is 0 Å². The van der Waals surface area contributed by atoms with Crippen LogP contribution >= 0.6 is 0 Å². The molecular formula is C16H21N3O4. The first kappa shape index (κ1) is 15.6. The molecule has 3 rings (SSSR count). The maximum Gasteiger partial charge on any atom is 0.410 e. The van der Waals surface area contributed by atoms with Gasteiger partial charge in [-0.3, -0.25) is 0 Å². The molecule has 2 aromatic rings. The van der Waals surface area contributed by atoms with E-state index in [-0.39, 0.29) is 17.9 Å². The maximum absolute atomic E-state index is 12.1. The Bertz CT molecular complexity index is 712. The lowest BCUT2D eigenvalue weighted by molar-refractivity contribution is 0.0205. The molecule has 0 bridgehead atoms. The number of furan rings is 1. The zero-order valence-corrected chi connectivity index (χ0v) is 13.6. The van der Waals surface area contributed by atoms with E-state index in [1.807, 2.05) is 20.8 Å². The molecule has 0 aliphatic carbocycles. The molecule has 0 atom stereocenters. The highest BCUT2D eigenvalue weighted by Crippen LogP contribution is 2.35. The number of hydrogen-bond acceptors (Lipinski definition) is 6. The maximum atomic E-state index is 12.1. The third kappa shape index (κ3) is 3.23. The molecule has 3 heterocycles. The molecule has 23 heavy (non-hydrogen) atoms. The standard InChI is InChI=1S/C16H21N3O4/c1-16(2,3)23-15(21)19-6-4-10(5-7-19)11-8-22-13-12(11)17-9-18-14(13)20/h8-10H,4-7H2,1-3H3,(H,17,18,20). The molecule has 2 aromatic heterocycles. The number of piperidine rings is 1. The summed E-state index contributed by atoms with van der Waals surface area (Å²) in [5, 5.41) is 9.69. The number of fused-ring (bicyclic) bond motifs is 1. The molecule has 0 unspecified atom stereocenters. The van der Waals surface area contributed by atoms with Gasteiger partial charge in [0.25, 0.3) is 5.88 Å².